The molecule has 0 unspecified atom stereocenters. The monoisotopic (exact) mass is 319 g/mol. The minimum Gasteiger partial charge on any atom is -0.228 e. The number of primary sulfonamides is 1. The largest absolute Gasteiger partial charge is 0.228 e. The van der Waals surface area contributed by atoms with Gasteiger partial charge in [0.25, 0.3) is 0 Å². The van der Waals surface area contributed by atoms with Crippen LogP contribution in [0.4, 0.5) is 0 Å². The van der Waals surface area contributed by atoms with Crippen LogP contribution in [0.2, 0.25) is 0 Å². The molecule has 2 rings (SSSR count). The smallest absolute Gasteiger partial charge is 0.224 e. The Balaban J connectivity index is 0.000000150. The van der Waals surface area contributed by atoms with Gasteiger partial charge < -0.3 is 0 Å². The van der Waals surface area contributed by atoms with Crippen LogP contribution in [0, 0.1) is 0 Å². The standard InChI is InChI=1S/C3H6BrNO2S.C3H5Br/c4-3(1-2-3)8(5,6)7;4-3-1-2-3/h1-2H2,(H2,5,6,7);3H,1-2H2. The van der Waals surface area contributed by atoms with Crippen molar-refractivity contribution in [1.29, 1.82) is 0 Å². The second kappa shape index (κ2) is 3.55. The van der Waals surface area contributed by atoms with Crippen LogP contribution in [0.5, 0.6) is 0 Å². The number of halogens is 2. The van der Waals surface area contributed by atoms with Crippen LogP contribution in [0.15, 0.2) is 0 Å². The Bertz CT molecular complexity index is 257. The Hall–Kier alpha value is 0.870. The Labute approximate surface area is 89.4 Å². The molecule has 0 aliphatic heterocycles. The summed E-state index contributed by atoms with van der Waals surface area (Å²) in [4.78, 5) is 0.896. The molecule has 2 aliphatic carbocycles. The summed E-state index contributed by atoms with van der Waals surface area (Å²) in [5, 5.41) is 4.80. The highest BCUT2D eigenvalue weighted by atomic mass is 79.9. The van der Waals surface area contributed by atoms with E-state index in [0.717, 1.165) is 4.83 Å². The number of rotatable bonds is 1. The molecule has 0 aromatic heterocycles. The first kappa shape index (κ1) is 10.9. The van der Waals surface area contributed by atoms with Gasteiger partial charge in [-0.3, -0.25) is 0 Å². The zero-order valence-electron chi connectivity index (χ0n) is 6.46. The van der Waals surface area contributed by atoms with Gasteiger partial charge in [-0.15, -0.1) is 0 Å². The van der Waals surface area contributed by atoms with Gasteiger partial charge in [0.05, 0.1) is 0 Å². The van der Waals surface area contributed by atoms with Gasteiger partial charge in [0.1, 0.15) is 3.66 Å². The van der Waals surface area contributed by atoms with Crippen molar-refractivity contribution < 1.29 is 8.42 Å². The summed E-state index contributed by atoms with van der Waals surface area (Å²) in [6, 6.07) is 0. The van der Waals surface area contributed by atoms with E-state index in [0.29, 0.717) is 12.8 Å². The molecule has 2 fully saturated rings. The second-order valence-corrected chi connectivity index (χ2v) is 8.31. The molecular formula is C6H11Br2NO2S. The summed E-state index contributed by atoms with van der Waals surface area (Å²) in [6.07, 6.45) is 4.09. The van der Waals surface area contributed by atoms with Gasteiger partial charge >= 0.3 is 0 Å². The van der Waals surface area contributed by atoms with E-state index in [1.54, 1.807) is 0 Å². The normalized spacial score (nSPS) is 25.6. The van der Waals surface area contributed by atoms with Crippen molar-refractivity contribution in [2.75, 3.05) is 0 Å². The quantitative estimate of drug-likeness (QED) is 0.748. The lowest BCUT2D eigenvalue weighted by atomic mass is 11.0. The van der Waals surface area contributed by atoms with Crippen molar-refractivity contribution in [3.05, 3.63) is 0 Å². The topological polar surface area (TPSA) is 60.2 Å². The summed E-state index contributed by atoms with van der Waals surface area (Å²) >= 11 is 6.38. The minimum atomic E-state index is -3.31. The Morgan fingerprint density at radius 1 is 1.33 bits per heavy atom. The van der Waals surface area contributed by atoms with Gasteiger partial charge in [-0.05, 0) is 25.7 Å². The van der Waals surface area contributed by atoms with Gasteiger partial charge in [0, 0.05) is 4.83 Å². The van der Waals surface area contributed by atoms with E-state index >= 15 is 0 Å². The van der Waals surface area contributed by atoms with E-state index in [4.69, 9.17) is 5.14 Å². The molecule has 0 radical (unpaired) electrons. The van der Waals surface area contributed by atoms with Crippen molar-refractivity contribution in [2.24, 2.45) is 5.14 Å². The highest BCUT2D eigenvalue weighted by Crippen LogP contribution is 2.47. The lowest BCUT2D eigenvalue weighted by Gasteiger charge is -1.98. The predicted molar refractivity (Wildman–Crippen MR) is 55.9 cm³/mol. The molecule has 72 valence electrons. The molecule has 0 atom stereocenters. The average Bonchev–Trinajstić information content (AvgIpc) is 2.71. The zero-order chi connectivity index (χ0) is 9.41. The number of nitrogens with two attached hydrogens (primary N) is 1. The zero-order valence-corrected chi connectivity index (χ0v) is 10.5. The average molecular weight is 321 g/mol. The van der Waals surface area contributed by atoms with Crippen molar-refractivity contribution in [2.45, 2.75) is 34.2 Å². The van der Waals surface area contributed by atoms with Crippen LogP contribution >= 0.6 is 31.9 Å². The lowest BCUT2D eigenvalue weighted by Crippen LogP contribution is -2.24. The van der Waals surface area contributed by atoms with Gasteiger partial charge in [-0.2, -0.15) is 0 Å². The number of sulfonamides is 1. The van der Waals surface area contributed by atoms with Gasteiger partial charge in [-0.1, -0.05) is 31.9 Å². The maximum absolute atomic E-state index is 10.4. The first-order chi connectivity index (χ1) is 5.35. The maximum Gasteiger partial charge on any atom is 0.224 e. The van der Waals surface area contributed by atoms with E-state index < -0.39 is 13.7 Å². The summed E-state index contributed by atoms with van der Waals surface area (Å²) in [6.45, 7) is 0. The Morgan fingerprint density at radius 2 is 1.67 bits per heavy atom. The van der Waals surface area contributed by atoms with Crippen LogP contribution in [0.1, 0.15) is 25.7 Å². The summed E-state index contributed by atoms with van der Waals surface area (Å²) in [7, 11) is -3.31. The van der Waals surface area contributed by atoms with E-state index in [2.05, 4.69) is 31.9 Å². The predicted octanol–water partition coefficient (Wildman–Crippen LogP) is 1.70. The fourth-order valence-electron chi connectivity index (χ4n) is 0.446. The number of hydrogen-bond donors (Lipinski definition) is 1. The van der Waals surface area contributed by atoms with Crippen molar-refractivity contribution >= 4 is 41.9 Å². The SMILES string of the molecule is BrC1CC1.NS(=O)(=O)C1(Br)CC1. The molecule has 2 N–H and O–H groups in total. The summed E-state index contributed by atoms with van der Waals surface area (Å²) in [5.41, 5.74) is 0. The molecule has 2 aliphatic rings. The number of alkyl halides is 2. The Kier molecular flexibility index (Phi) is 3.24. The molecule has 2 saturated carbocycles. The summed E-state index contributed by atoms with van der Waals surface area (Å²) < 4.78 is 20.1. The van der Waals surface area contributed by atoms with Crippen molar-refractivity contribution in [3.8, 4) is 0 Å². The molecule has 0 aromatic carbocycles. The third-order valence-electron chi connectivity index (χ3n) is 1.66. The lowest BCUT2D eigenvalue weighted by molar-refractivity contribution is 0.594. The van der Waals surface area contributed by atoms with E-state index in [-0.39, 0.29) is 0 Å². The van der Waals surface area contributed by atoms with Crippen LogP contribution in [-0.4, -0.2) is 16.9 Å². The molecule has 0 spiro atoms. The second-order valence-electron chi connectivity index (χ2n) is 3.10. The maximum atomic E-state index is 10.4. The fraction of sp³-hybridized carbons (Fsp3) is 1.00. The third-order valence-corrected chi connectivity index (χ3v) is 6.15. The van der Waals surface area contributed by atoms with Crippen LogP contribution in [0.3, 0.4) is 0 Å². The first-order valence-corrected chi connectivity index (χ1v) is 6.96. The molecule has 12 heavy (non-hydrogen) atoms. The molecule has 0 saturated heterocycles. The van der Waals surface area contributed by atoms with Crippen LogP contribution in [-0.2, 0) is 10.0 Å². The summed E-state index contributed by atoms with van der Waals surface area (Å²) in [5.74, 6) is 0. The molecule has 0 heterocycles. The van der Waals surface area contributed by atoms with E-state index in [1.807, 2.05) is 0 Å². The van der Waals surface area contributed by atoms with Crippen LogP contribution < -0.4 is 5.14 Å². The molecule has 3 nitrogen and oxygen atoms in total. The van der Waals surface area contributed by atoms with E-state index in [1.165, 1.54) is 12.8 Å². The molecule has 0 aromatic rings. The highest BCUT2D eigenvalue weighted by Gasteiger charge is 2.50. The van der Waals surface area contributed by atoms with Crippen LogP contribution in [0.25, 0.3) is 0 Å². The van der Waals surface area contributed by atoms with Crippen molar-refractivity contribution in [1.82, 2.24) is 0 Å². The Morgan fingerprint density at radius 3 is 1.67 bits per heavy atom. The molecule has 6 heteroatoms. The molecular weight excluding hydrogens is 310 g/mol. The fourth-order valence-corrected chi connectivity index (χ4v) is 1.58. The first-order valence-electron chi connectivity index (χ1n) is 3.70. The van der Waals surface area contributed by atoms with Gasteiger partial charge in [0.2, 0.25) is 10.0 Å². The molecule has 0 amide bonds. The van der Waals surface area contributed by atoms with Crippen molar-refractivity contribution in [3.63, 3.8) is 0 Å². The number of hydrogen-bond acceptors (Lipinski definition) is 2. The third kappa shape index (κ3) is 3.32. The highest BCUT2D eigenvalue weighted by molar-refractivity contribution is 9.11. The minimum absolute atomic E-state index is 0.645. The van der Waals surface area contributed by atoms with Gasteiger partial charge in [0.15, 0.2) is 0 Å². The molecule has 0 bridgehead atoms. The van der Waals surface area contributed by atoms with Gasteiger partial charge in [-0.25, -0.2) is 13.6 Å². The van der Waals surface area contributed by atoms with E-state index in [9.17, 15) is 8.42 Å².